The number of hydrogen-bond acceptors (Lipinski definition) is 3. The van der Waals surface area contributed by atoms with Crippen molar-refractivity contribution >= 4 is 17.7 Å². The van der Waals surface area contributed by atoms with E-state index in [9.17, 15) is 9.90 Å². The van der Waals surface area contributed by atoms with Crippen LogP contribution in [-0.4, -0.2) is 35.9 Å². The second kappa shape index (κ2) is 10.3. The predicted molar refractivity (Wildman–Crippen MR) is 121 cm³/mol. The van der Waals surface area contributed by atoms with Crippen molar-refractivity contribution < 1.29 is 15.0 Å². The number of carbonyl (C=O) groups is 1. The minimum Gasteiger partial charge on any atom is -0.465 e. The van der Waals surface area contributed by atoms with Crippen molar-refractivity contribution in [3.63, 3.8) is 0 Å². The molecule has 3 rings (SSSR count). The summed E-state index contributed by atoms with van der Waals surface area (Å²) in [6, 6.07) is 14.0. The molecule has 0 saturated carbocycles. The van der Waals surface area contributed by atoms with Crippen molar-refractivity contribution in [1.82, 2.24) is 10.6 Å². The van der Waals surface area contributed by atoms with Crippen LogP contribution in [0.3, 0.4) is 0 Å². The van der Waals surface area contributed by atoms with Crippen LogP contribution in [0.5, 0.6) is 0 Å². The number of aliphatic hydroxyl groups is 1. The molecule has 1 aliphatic heterocycles. The lowest BCUT2D eigenvalue weighted by molar-refractivity contribution is -0.0415. The molecule has 4 N–H and O–H groups in total. The van der Waals surface area contributed by atoms with E-state index in [-0.39, 0.29) is 5.92 Å². The number of amides is 1. The van der Waals surface area contributed by atoms with Crippen LogP contribution < -0.4 is 10.6 Å². The average Bonchev–Trinajstić information content (AvgIpc) is 2.77. The molecule has 6 heteroatoms. The lowest BCUT2D eigenvalue weighted by Crippen LogP contribution is -2.45. The number of aryl methyl sites for hydroxylation is 1. The van der Waals surface area contributed by atoms with Gasteiger partial charge < -0.3 is 20.8 Å². The minimum absolute atomic E-state index is 0.0302. The van der Waals surface area contributed by atoms with Crippen molar-refractivity contribution in [2.75, 3.05) is 19.6 Å². The second-order valence-electron chi connectivity index (χ2n) is 8.02. The smallest absolute Gasteiger partial charge is 0.404 e. The molecular formula is C24H31ClN2O3. The molecule has 1 heterocycles. The zero-order valence-electron chi connectivity index (χ0n) is 17.5. The summed E-state index contributed by atoms with van der Waals surface area (Å²) in [5, 5.41) is 27.4. The highest BCUT2D eigenvalue weighted by molar-refractivity contribution is 6.33. The number of halogens is 1. The van der Waals surface area contributed by atoms with Gasteiger partial charge in [-0.2, -0.15) is 0 Å². The molecule has 2 aromatic carbocycles. The maximum atomic E-state index is 12.1. The highest BCUT2D eigenvalue weighted by atomic mass is 35.5. The van der Waals surface area contributed by atoms with Gasteiger partial charge in [-0.1, -0.05) is 54.9 Å². The Morgan fingerprint density at radius 3 is 2.80 bits per heavy atom. The zero-order valence-corrected chi connectivity index (χ0v) is 18.2. The fourth-order valence-corrected chi connectivity index (χ4v) is 4.78. The molecule has 2 atom stereocenters. The molecule has 0 aromatic heterocycles. The Morgan fingerprint density at radius 1 is 1.30 bits per heavy atom. The highest BCUT2D eigenvalue weighted by Gasteiger charge is 2.40. The van der Waals surface area contributed by atoms with E-state index in [4.69, 9.17) is 16.7 Å². The third-order valence-corrected chi connectivity index (χ3v) is 6.40. The number of hydrogen-bond donors (Lipinski definition) is 4. The van der Waals surface area contributed by atoms with Crippen LogP contribution in [0.2, 0.25) is 5.02 Å². The summed E-state index contributed by atoms with van der Waals surface area (Å²) in [6.45, 7) is 4.10. The third-order valence-electron chi connectivity index (χ3n) is 6.09. The summed E-state index contributed by atoms with van der Waals surface area (Å²) < 4.78 is 0. The normalized spacial score (nSPS) is 18.6. The van der Waals surface area contributed by atoms with Gasteiger partial charge in [-0.15, -0.1) is 0 Å². The number of nitrogens with one attached hydrogen (secondary N) is 2. The van der Waals surface area contributed by atoms with Crippen molar-refractivity contribution in [3.8, 4) is 11.1 Å². The molecule has 1 amide bonds. The lowest BCUT2D eigenvalue weighted by atomic mass is 9.72. The summed E-state index contributed by atoms with van der Waals surface area (Å²) in [5.74, 6) is 0.0302. The molecule has 0 bridgehead atoms. The van der Waals surface area contributed by atoms with Crippen molar-refractivity contribution in [2.24, 2.45) is 5.92 Å². The minimum atomic E-state index is -1.10. The zero-order chi connectivity index (χ0) is 21.6. The van der Waals surface area contributed by atoms with Gasteiger partial charge in [-0.3, -0.25) is 0 Å². The quantitative estimate of drug-likeness (QED) is 0.453. The van der Waals surface area contributed by atoms with Crippen LogP contribution in [-0.2, 0) is 12.0 Å². The van der Waals surface area contributed by atoms with Crippen LogP contribution >= 0.6 is 11.6 Å². The first-order valence-electron chi connectivity index (χ1n) is 10.7. The Balaban J connectivity index is 2.04. The van der Waals surface area contributed by atoms with Gasteiger partial charge in [0.05, 0.1) is 5.60 Å². The van der Waals surface area contributed by atoms with E-state index in [0.717, 1.165) is 49.0 Å². The van der Waals surface area contributed by atoms with Gasteiger partial charge >= 0.3 is 6.09 Å². The molecule has 2 aromatic rings. The summed E-state index contributed by atoms with van der Waals surface area (Å²) in [6.07, 6.45) is 2.79. The van der Waals surface area contributed by atoms with E-state index in [2.05, 4.69) is 29.7 Å². The monoisotopic (exact) mass is 430 g/mol. The first-order chi connectivity index (χ1) is 14.5. The Hall–Kier alpha value is -2.08. The standard InChI is InChI=1S/C24H31ClN2O3/c1-2-17-7-3-8-18(15-17)22-20(10-4-11-21(22)25)24(30,12-6-14-27-23(28)29)19-9-5-13-26-16-19/h3-4,7-8,10-11,15,19,26-27,30H,2,5-6,9,12-14,16H2,1H3,(H,28,29)/t19-,24+/m1/s1. The Kier molecular flexibility index (Phi) is 7.75. The van der Waals surface area contributed by atoms with E-state index in [1.807, 2.05) is 30.3 Å². The number of benzene rings is 2. The van der Waals surface area contributed by atoms with Gasteiger partial charge in [-0.25, -0.2) is 4.79 Å². The van der Waals surface area contributed by atoms with Crippen LogP contribution in [0, 0.1) is 5.92 Å². The average molecular weight is 431 g/mol. The first-order valence-corrected chi connectivity index (χ1v) is 11.1. The van der Waals surface area contributed by atoms with Crippen molar-refractivity contribution in [2.45, 2.75) is 44.6 Å². The summed E-state index contributed by atoms with van der Waals surface area (Å²) >= 11 is 6.69. The SMILES string of the molecule is CCc1cccc(-c2c(Cl)cccc2[C@](O)(CCCNC(=O)O)[C@@H]2CCCNC2)c1. The molecule has 0 unspecified atom stereocenters. The molecule has 1 saturated heterocycles. The van der Waals surface area contributed by atoms with Crippen LogP contribution in [0.25, 0.3) is 11.1 Å². The fourth-order valence-electron chi connectivity index (χ4n) is 4.50. The van der Waals surface area contributed by atoms with Gasteiger partial charge in [-0.05, 0) is 61.4 Å². The van der Waals surface area contributed by atoms with Gasteiger partial charge in [0.15, 0.2) is 0 Å². The lowest BCUT2D eigenvalue weighted by Gasteiger charge is -2.40. The topological polar surface area (TPSA) is 81.6 Å². The molecule has 162 valence electrons. The van der Waals surface area contributed by atoms with Crippen LogP contribution in [0.15, 0.2) is 42.5 Å². The molecule has 30 heavy (non-hydrogen) atoms. The summed E-state index contributed by atoms with van der Waals surface area (Å²) in [4.78, 5) is 10.8. The molecule has 0 spiro atoms. The Morgan fingerprint density at radius 2 is 2.10 bits per heavy atom. The van der Waals surface area contributed by atoms with Crippen LogP contribution in [0.4, 0.5) is 4.79 Å². The van der Waals surface area contributed by atoms with Crippen LogP contribution in [0.1, 0.15) is 43.7 Å². The molecule has 1 fully saturated rings. The van der Waals surface area contributed by atoms with E-state index in [1.54, 1.807) is 0 Å². The van der Waals surface area contributed by atoms with Crippen molar-refractivity contribution in [1.29, 1.82) is 0 Å². The van der Waals surface area contributed by atoms with Gasteiger partial charge in [0.1, 0.15) is 0 Å². The Labute approximate surface area is 183 Å². The van der Waals surface area contributed by atoms with E-state index in [1.165, 1.54) is 5.56 Å². The van der Waals surface area contributed by atoms with E-state index < -0.39 is 11.7 Å². The van der Waals surface area contributed by atoms with Gasteiger partial charge in [0.25, 0.3) is 0 Å². The summed E-state index contributed by atoms with van der Waals surface area (Å²) in [5.41, 5.74) is 2.81. The first kappa shape index (κ1) is 22.6. The number of rotatable bonds is 8. The molecule has 0 radical (unpaired) electrons. The van der Waals surface area contributed by atoms with E-state index in [0.29, 0.717) is 24.4 Å². The maximum Gasteiger partial charge on any atom is 0.404 e. The van der Waals surface area contributed by atoms with E-state index >= 15 is 0 Å². The number of piperidine rings is 1. The Bertz CT molecular complexity index is 867. The highest BCUT2D eigenvalue weighted by Crippen LogP contribution is 2.44. The van der Waals surface area contributed by atoms with Crippen molar-refractivity contribution in [3.05, 3.63) is 58.6 Å². The molecular weight excluding hydrogens is 400 g/mol. The molecule has 5 nitrogen and oxygen atoms in total. The number of carboxylic acid groups (broad SMARTS) is 1. The second-order valence-corrected chi connectivity index (χ2v) is 8.43. The van der Waals surface area contributed by atoms with Gasteiger partial charge in [0, 0.05) is 29.6 Å². The molecule has 1 aliphatic rings. The third kappa shape index (κ3) is 5.15. The predicted octanol–water partition coefficient (Wildman–Crippen LogP) is 4.80. The molecule has 0 aliphatic carbocycles. The fraction of sp³-hybridized carbons (Fsp3) is 0.458. The van der Waals surface area contributed by atoms with Gasteiger partial charge in [0.2, 0.25) is 0 Å². The summed E-state index contributed by atoms with van der Waals surface area (Å²) in [7, 11) is 0. The largest absolute Gasteiger partial charge is 0.465 e. The maximum absolute atomic E-state index is 12.1.